The lowest BCUT2D eigenvalue weighted by molar-refractivity contribution is 0.0942. The fourth-order valence-corrected chi connectivity index (χ4v) is 2.39. The molecule has 0 atom stereocenters. The minimum Gasteiger partial charge on any atom is -0.355 e. The number of nitrogens with one attached hydrogen (secondary N) is 2. The van der Waals surface area contributed by atoms with E-state index in [0.29, 0.717) is 11.3 Å². The molecule has 0 saturated carbocycles. The molecule has 0 saturated heterocycles. The number of amides is 1. The van der Waals surface area contributed by atoms with E-state index in [1.807, 2.05) is 26.0 Å². The third-order valence-corrected chi connectivity index (χ3v) is 3.61. The number of nitrogens with zero attached hydrogens (tertiary/aromatic N) is 2. The molecule has 0 aromatic carbocycles. The summed E-state index contributed by atoms with van der Waals surface area (Å²) in [5, 5.41) is 6.45. The molecule has 0 aliphatic heterocycles. The van der Waals surface area contributed by atoms with Crippen molar-refractivity contribution in [1.29, 1.82) is 0 Å². The third-order valence-electron chi connectivity index (χ3n) is 3.61. The summed E-state index contributed by atoms with van der Waals surface area (Å²) in [6.07, 6.45) is 3.27. The average molecular weight is 324 g/mol. The number of carbonyl (C=O) groups is 1. The van der Waals surface area contributed by atoms with Crippen LogP contribution in [0.15, 0.2) is 46.0 Å². The van der Waals surface area contributed by atoms with Crippen LogP contribution >= 0.6 is 0 Å². The number of hydrogen-bond acceptors (Lipinski definition) is 5. The van der Waals surface area contributed by atoms with Gasteiger partial charge in [-0.2, -0.15) is 0 Å². The second kappa shape index (κ2) is 6.49. The number of aromatic nitrogens is 3. The maximum atomic E-state index is 12.2. The number of aryl methyl sites for hydroxylation is 2. The van der Waals surface area contributed by atoms with Crippen molar-refractivity contribution in [2.75, 3.05) is 0 Å². The van der Waals surface area contributed by atoms with Crippen LogP contribution < -0.4 is 10.9 Å². The van der Waals surface area contributed by atoms with Gasteiger partial charge in [-0.15, -0.1) is 0 Å². The molecule has 122 valence electrons. The lowest BCUT2D eigenvalue weighted by Gasteiger charge is -2.06. The minimum atomic E-state index is -0.409. The second-order valence-corrected chi connectivity index (χ2v) is 5.44. The first kappa shape index (κ1) is 15.7. The highest BCUT2D eigenvalue weighted by Crippen LogP contribution is 2.18. The number of pyridine rings is 2. The topological polar surface area (TPSA) is 101 Å². The smallest absolute Gasteiger partial charge is 0.273 e. The maximum absolute atomic E-state index is 12.2. The summed E-state index contributed by atoms with van der Waals surface area (Å²) in [5.74, 6) is 0.0471. The van der Waals surface area contributed by atoms with Gasteiger partial charge in [-0.3, -0.25) is 14.6 Å². The molecule has 1 amide bonds. The highest BCUT2D eigenvalue weighted by Gasteiger charge is 2.14. The molecule has 3 rings (SSSR count). The van der Waals surface area contributed by atoms with E-state index in [0.717, 1.165) is 16.8 Å². The number of rotatable bonds is 4. The van der Waals surface area contributed by atoms with Crippen LogP contribution in [0, 0.1) is 13.8 Å². The summed E-state index contributed by atoms with van der Waals surface area (Å²) < 4.78 is 5.17. The Bertz CT molecular complexity index is 929. The molecular weight excluding hydrogens is 308 g/mol. The monoisotopic (exact) mass is 324 g/mol. The Hall–Kier alpha value is -3.22. The molecule has 0 fully saturated rings. The normalized spacial score (nSPS) is 10.6. The molecule has 3 aromatic rings. The number of H-pyrrole nitrogens is 1. The van der Waals surface area contributed by atoms with Gasteiger partial charge in [0.1, 0.15) is 0 Å². The summed E-state index contributed by atoms with van der Waals surface area (Å²) in [6, 6.07) is 6.98. The summed E-state index contributed by atoms with van der Waals surface area (Å²) >= 11 is 0. The molecule has 0 unspecified atom stereocenters. The summed E-state index contributed by atoms with van der Waals surface area (Å²) in [4.78, 5) is 30.9. The molecule has 0 radical (unpaired) electrons. The van der Waals surface area contributed by atoms with E-state index in [4.69, 9.17) is 4.52 Å². The fraction of sp³-hybridized carbons (Fsp3) is 0.176. The highest BCUT2D eigenvalue weighted by atomic mass is 16.5. The van der Waals surface area contributed by atoms with Crippen LogP contribution in [0.3, 0.4) is 0 Å². The first-order valence-corrected chi connectivity index (χ1v) is 7.39. The van der Waals surface area contributed by atoms with Crippen LogP contribution in [-0.4, -0.2) is 21.0 Å². The molecule has 2 N–H and O–H groups in total. The molecule has 7 heteroatoms. The van der Waals surface area contributed by atoms with Gasteiger partial charge in [0.2, 0.25) is 0 Å². The molecule has 0 spiro atoms. The Morgan fingerprint density at radius 3 is 2.88 bits per heavy atom. The van der Waals surface area contributed by atoms with Crippen molar-refractivity contribution in [3.05, 3.63) is 69.5 Å². The van der Waals surface area contributed by atoms with Crippen molar-refractivity contribution in [1.82, 2.24) is 20.4 Å². The van der Waals surface area contributed by atoms with Gasteiger partial charge < -0.3 is 14.8 Å². The van der Waals surface area contributed by atoms with Crippen LogP contribution in [0.5, 0.6) is 0 Å². The van der Waals surface area contributed by atoms with E-state index < -0.39 is 5.91 Å². The molecule has 7 nitrogen and oxygen atoms in total. The molecular formula is C17H16N4O3. The first-order chi connectivity index (χ1) is 11.5. The van der Waals surface area contributed by atoms with Gasteiger partial charge in [0, 0.05) is 41.8 Å². The van der Waals surface area contributed by atoms with Gasteiger partial charge in [0.05, 0.1) is 0 Å². The largest absolute Gasteiger partial charge is 0.355 e. The van der Waals surface area contributed by atoms with Crippen LogP contribution in [0.1, 0.15) is 27.3 Å². The highest BCUT2D eigenvalue weighted by molar-refractivity contribution is 5.93. The van der Waals surface area contributed by atoms with Crippen molar-refractivity contribution in [3.63, 3.8) is 0 Å². The van der Waals surface area contributed by atoms with Crippen molar-refractivity contribution in [2.45, 2.75) is 20.4 Å². The van der Waals surface area contributed by atoms with Gasteiger partial charge in [-0.25, -0.2) is 0 Å². The molecule has 3 aromatic heterocycles. The lowest BCUT2D eigenvalue weighted by Crippen LogP contribution is -2.28. The predicted molar refractivity (Wildman–Crippen MR) is 87.4 cm³/mol. The van der Waals surface area contributed by atoms with E-state index in [1.165, 1.54) is 0 Å². The Kier molecular flexibility index (Phi) is 4.24. The quantitative estimate of drug-likeness (QED) is 0.764. The van der Waals surface area contributed by atoms with Gasteiger partial charge >= 0.3 is 0 Å². The zero-order valence-electron chi connectivity index (χ0n) is 13.3. The standard InChI is InChI=1S/C17H16N4O3/c1-10-6-11(2)20-16(22)13(10)9-19-17(23)14-7-15(24-21-14)12-4-3-5-18-8-12/h3-8H,9H2,1-2H3,(H,19,23)(H,20,22). The molecule has 0 aliphatic rings. The van der Waals surface area contributed by atoms with E-state index in [2.05, 4.69) is 20.4 Å². The SMILES string of the molecule is Cc1cc(C)c(CNC(=O)c2cc(-c3cccnc3)on2)c(=O)[nH]1. The van der Waals surface area contributed by atoms with Gasteiger partial charge in [-0.05, 0) is 37.6 Å². The lowest BCUT2D eigenvalue weighted by atomic mass is 10.1. The van der Waals surface area contributed by atoms with Gasteiger partial charge in [-0.1, -0.05) is 5.16 Å². The Morgan fingerprint density at radius 1 is 1.33 bits per heavy atom. The van der Waals surface area contributed by atoms with Crippen molar-refractivity contribution < 1.29 is 9.32 Å². The summed E-state index contributed by atoms with van der Waals surface area (Å²) in [7, 11) is 0. The summed E-state index contributed by atoms with van der Waals surface area (Å²) in [6.45, 7) is 3.77. The van der Waals surface area contributed by atoms with Gasteiger partial charge in [0.25, 0.3) is 11.5 Å². The van der Waals surface area contributed by atoms with Crippen LogP contribution in [-0.2, 0) is 6.54 Å². The number of hydrogen-bond donors (Lipinski definition) is 2. The van der Waals surface area contributed by atoms with E-state index in [-0.39, 0.29) is 17.8 Å². The zero-order valence-corrected chi connectivity index (χ0v) is 13.3. The Balaban J connectivity index is 1.73. The van der Waals surface area contributed by atoms with E-state index in [1.54, 1.807) is 24.5 Å². The van der Waals surface area contributed by atoms with Crippen molar-refractivity contribution in [3.8, 4) is 11.3 Å². The minimum absolute atomic E-state index is 0.120. The van der Waals surface area contributed by atoms with Crippen LogP contribution in [0.2, 0.25) is 0 Å². The Labute approximate surface area is 137 Å². The van der Waals surface area contributed by atoms with Crippen molar-refractivity contribution in [2.24, 2.45) is 0 Å². The maximum Gasteiger partial charge on any atom is 0.273 e. The summed E-state index contributed by atoms with van der Waals surface area (Å²) in [5.41, 5.74) is 2.80. The van der Waals surface area contributed by atoms with E-state index >= 15 is 0 Å². The van der Waals surface area contributed by atoms with Crippen molar-refractivity contribution >= 4 is 5.91 Å². The van der Waals surface area contributed by atoms with Gasteiger partial charge in [0.15, 0.2) is 11.5 Å². The Morgan fingerprint density at radius 2 is 2.17 bits per heavy atom. The average Bonchev–Trinajstić information content (AvgIpc) is 3.04. The van der Waals surface area contributed by atoms with Crippen LogP contribution in [0.25, 0.3) is 11.3 Å². The molecule has 3 heterocycles. The zero-order chi connectivity index (χ0) is 17.1. The molecule has 0 bridgehead atoms. The second-order valence-electron chi connectivity index (χ2n) is 5.44. The molecule has 0 aliphatic carbocycles. The number of aromatic amines is 1. The van der Waals surface area contributed by atoms with E-state index in [9.17, 15) is 9.59 Å². The first-order valence-electron chi connectivity index (χ1n) is 7.39. The van der Waals surface area contributed by atoms with Crippen LogP contribution in [0.4, 0.5) is 0 Å². The molecule has 24 heavy (non-hydrogen) atoms. The number of carbonyl (C=O) groups excluding carboxylic acids is 1. The third kappa shape index (κ3) is 3.24. The predicted octanol–water partition coefficient (Wildman–Crippen LogP) is 1.97. The fourth-order valence-electron chi connectivity index (χ4n) is 2.39.